The van der Waals surface area contributed by atoms with Gasteiger partial charge in [-0.15, -0.1) is 0 Å². The Kier molecular flexibility index (Phi) is 6.86. The van der Waals surface area contributed by atoms with E-state index in [9.17, 15) is 9.59 Å². The molecule has 0 aromatic heterocycles. The molecule has 1 aromatic carbocycles. The van der Waals surface area contributed by atoms with Gasteiger partial charge in [0.05, 0.1) is 35.8 Å². The SMILES string of the molecule is CC(C(=O)N1CCOCC1)N(C)CC(=O)Nc1ccc(Cl)c(Cl)c1. The summed E-state index contributed by atoms with van der Waals surface area (Å²) in [6.45, 7) is 4.18. The topological polar surface area (TPSA) is 61.9 Å². The number of ether oxygens (including phenoxy) is 1. The molecule has 132 valence electrons. The molecule has 0 aliphatic carbocycles. The summed E-state index contributed by atoms with van der Waals surface area (Å²) in [6.07, 6.45) is 0. The van der Waals surface area contributed by atoms with Gasteiger partial charge in [0.2, 0.25) is 11.8 Å². The molecule has 1 fully saturated rings. The Labute approximate surface area is 151 Å². The number of hydrogen-bond acceptors (Lipinski definition) is 4. The lowest BCUT2D eigenvalue weighted by atomic mass is 10.2. The summed E-state index contributed by atoms with van der Waals surface area (Å²) in [5.41, 5.74) is 0.565. The van der Waals surface area contributed by atoms with E-state index >= 15 is 0 Å². The molecule has 1 aliphatic rings. The van der Waals surface area contributed by atoms with Crippen molar-refractivity contribution in [1.82, 2.24) is 9.80 Å². The normalized spacial score (nSPS) is 16.1. The lowest BCUT2D eigenvalue weighted by molar-refractivity contribution is -0.140. The second kappa shape index (κ2) is 8.67. The maximum atomic E-state index is 12.4. The number of anilines is 1. The Hall–Kier alpha value is -1.34. The molecule has 2 rings (SSSR count). The third kappa shape index (κ3) is 5.08. The van der Waals surface area contributed by atoms with Gasteiger partial charge in [0.1, 0.15) is 0 Å². The summed E-state index contributed by atoms with van der Waals surface area (Å²) in [7, 11) is 1.75. The van der Waals surface area contributed by atoms with Crippen LogP contribution < -0.4 is 5.32 Å². The summed E-state index contributed by atoms with van der Waals surface area (Å²) < 4.78 is 5.25. The zero-order valence-corrected chi connectivity index (χ0v) is 15.2. The van der Waals surface area contributed by atoms with Crippen LogP contribution in [0.5, 0.6) is 0 Å². The molecule has 2 amide bonds. The number of benzene rings is 1. The quantitative estimate of drug-likeness (QED) is 0.858. The molecule has 24 heavy (non-hydrogen) atoms. The number of likely N-dealkylation sites (N-methyl/N-ethyl adjacent to an activating group) is 1. The molecule has 1 aliphatic heterocycles. The average molecular weight is 374 g/mol. The predicted molar refractivity (Wildman–Crippen MR) is 94.6 cm³/mol. The Morgan fingerprint density at radius 2 is 1.96 bits per heavy atom. The van der Waals surface area contributed by atoms with Gasteiger partial charge in [-0.1, -0.05) is 23.2 Å². The largest absolute Gasteiger partial charge is 0.378 e. The smallest absolute Gasteiger partial charge is 0.239 e. The van der Waals surface area contributed by atoms with Crippen molar-refractivity contribution in [3.8, 4) is 0 Å². The van der Waals surface area contributed by atoms with E-state index in [1.54, 1.807) is 42.0 Å². The molecule has 6 nitrogen and oxygen atoms in total. The van der Waals surface area contributed by atoms with Crippen LogP contribution in [-0.4, -0.2) is 67.6 Å². The minimum Gasteiger partial charge on any atom is -0.378 e. The minimum absolute atomic E-state index is 0.00290. The highest BCUT2D eigenvalue weighted by Crippen LogP contribution is 2.24. The number of hydrogen-bond donors (Lipinski definition) is 1. The summed E-state index contributed by atoms with van der Waals surface area (Å²) in [5, 5.41) is 3.55. The van der Waals surface area contributed by atoms with E-state index in [0.29, 0.717) is 42.0 Å². The highest BCUT2D eigenvalue weighted by molar-refractivity contribution is 6.42. The minimum atomic E-state index is -0.386. The number of halogens is 2. The summed E-state index contributed by atoms with van der Waals surface area (Å²) in [4.78, 5) is 28.1. The van der Waals surface area contributed by atoms with Crippen molar-refractivity contribution in [3.63, 3.8) is 0 Å². The number of amides is 2. The number of morpholine rings is 1. The predicted octanol–water partition coefficient (Wildman–Crippen LogP) is 2.11. The van der Waals surface area contributed by atoms with E-state index in [0.717, 1.165) is 0 Å². The lowest BCUT2D eigenvalue weighted by Crippen LogP contribution is -2.50. The molecule has 0 bridgehead atoms. The van der Waals surface area contributed by atoms with E-state index in [4.69, 9.17) is 27.9 Å². The number of nitrogens with zero attached hydrogens (tertiary/aromatic N) is 2. The van der Waals surface area contributed by atoms with Crippen LogP contribution in [0.3, 0.4) is 0 Å². The third-order valence-electron chi connectivity index (χ3n) is 3.94. The first kappa shape index (κ1) is 19.0. The molecular weight excluding hydrogens is 353 g/mol. The van der Waals surface area contributed by atoms with Gasteiger partial charge < -0.3 is 15.0 Å². The van der Waals surface area contributed by atoms with Crippen molar-refractivity contribution in [2.45, 2.75) is 13.0 Å². The number of rotatable bonds is 5. The molecule has 8 heteroatoms. The number of carbonyl (C=O) groups excluding carboxylic acids is 2. The maximum Gasteiger partial charge on any atom is 0.239 e. The van der Waals surface area contributed by atoms with Crippen molar-refractivity contribution in [3.05, 3.63) is 28.2 Å². The Balaban J connectivity index is 1.87. The van der Waals surface area contributed by atoms with Gasteiger partial charge in [-0.3, -0.25) is 14.5 Å². The van der Waals surface area contributed by atoms with Crippen molar-refractivity contribution in [2.24, 2.45) is 0 Å². The van der Waals surface area contributed by atoms with Crippen molar-refractivity contribution in [1.29, 1.82) is 0 Å². The molecule has 0 saturated carbocycles. The lowest BCUT2D eigenvalue weighted by Gasteiger charge is -2.32. The van der Waals surface area contributed by atoms with Crippen LogP contribution in [0.2, 0.25) is 10.0 Å². The van der Waals surface area contributed by atoms with Crippen molar-refractivity contribution in [2.75, 3.05) is 45.2 Å². The van der Waals surface area contributed by atoms with E-state index in [2.05, 4.69) is 5.32 Å². The molecule has 0 spiro atoms. The molecular formula is C16H21Cl2N3O3. The molecule has 0 radical (unpaired) electrons. The van der Waals surface area contributed by atoms with Crippen LogP contribution in [0.1, 0.15) is 6.92 Å². The van der Waals surface area contributed by atoms with E-state index in [-0.39, 0.29) is 24.4 Å². The second-order valence-corrected chi connectivity index (χ2v) is 6.52. The Bertz CT molecular complexity index is 606. The zero-order valence-electron chi connectivity index (χ0n) is 13.7. The summed E-state index contributed by atoms with van der Waals surface area (Å²) in [5.74, 6) is -0.222. The second-order valence-electron chi connectivity index (χ2n) is 5.71. The number of carbonyl (C=O) groups is 2. The van der Waals surface area contributed by atoms with Gasteiger partial charge >= 0.3 is 0 Å². The average Bonchev–Trinajstić information content (AvgIpc) is 2.57. The van der Waals surface area contributed by atoms with Gasteiger partial charge in [0.25, 0.3) is 0 Å². The van der Waals surface area contributed by atoms with Crippen LogP contribution in [0.15, 0.2) is 18.2 Å². The Morgan fingerprint density at radius 1 is 1.29 bits per heavy atom. The molecule has 1 heterocycles. The molecule has 1 atom stereocenters. The van der Waals surface area contributed by atoms with Gasteiger partial charge in [-0.2, -0.15) is 0 Å². The first-order valence-corrected chi connectivity index (χ1v) is 8.45. The van der Waals surface area contributed by atoms with Crippen LogP contribution >= 0.6 is 23.2 Å². The van der Waals surface area contributed by atoms with Gasteiger partial charge in [-0.05, 0) is 32.2 Å². The standard InChI is InChI=1S/C16H21Cl2N3O3/c1-11(16(23)21-5-7-24-8-6-21)20(2)10-15(22)19-12-3-4-13(17)14(18)9-12/h3-4,9,11H,5-8,10H2,1-2H3,(H,19,22). The van der Waals surface area contributed by atoms with Gasteiger partial charge in [0, 0.05) is 18.8 Å². The van der Waals surface area contributed by atoms with Crippen molar-refractivity contribution >= 4 is 40.7 Å². The van der Waals surface area contributed by atoms with Gasteiger partial charge in [-0.25, -0.2) is 0 Å². The summed E-state index contributed by atoms with van der Waals surface area (Å²) >= 11 is 11.8. The van der Waals surface area contributed by atoms with Crippen LogP contribution in [-0.2, 0) is 14.3 Å². The van der Waals surface area contributed by atoms with Crippen LogP contribution in [0.4, 0.5) is 5.69 Å². The molecule has 1 saturated heterocycles. The van der Waals surface area contributed by atoms with E-state index in [1.165, 1.54) is 0 Å². The van der Waals surface area contributed by atoms with Crippen LogP contribution in [0, 0.1) is 0 Å². The fraction of sp³-hybridized carbons (Fsp3) is 0.500. The molecule has 1 unspecified atom stereocenters. The molecule has 1 N–H and O–H groups in total. The first-order valence-electron chi connectivity index (χ1n) is 7.70. The van der Waals surface area contributed by atoms with Crippen molar-refractivity contribution < 1.29 is 14.3 Å². The Morgan fingerprint density at radius 3 is 2.58 bits per heavy atom. The monoisotopic (exact) mass is 373 g/mol. The fourth-order valence-corrected chi connectivity index (χ4v) is 2.67. The number of nitrogens with one attached hydrogen (secondary N) is 1. The highest BCUT2D eigenvalue weighted by atomic mass is 35.5. The van der Waals surface area contributed by atoms with Gasteiger partial charge in [0.15, 0.2) is 0 Å². The van der Waals surface area contributed by atoms with Crippen LogP contribution in [0.25, 0.3) is 0 Å². The zero-order chi connectivity index (χ0) is 17.7. The maximum absolute atomic E-state index is 12.4. The first-order chi connectivity index (χ1) is 11.4. The highest BCUT2D eigenvalue weighted by Gasteiger charge is 2.26. The molecule has 1 aromatic rings. The fourth-order valence-electron chi connectivity index (χ4n) is 2.37. The van der Waals surface area contributed by atoms with E-state index < -0.39 is 0 Å². The van der Waals surface area contributed by atoms with E-state index in [1.807, 2.05) is 0 Å². The summed E-state index contributed by atoms with van der Waals surface area (Å²) in [6, 6.07) is 4.49. The third-order valence-corrected chi connectivity index (χ3v) is 4.68.